The molecule has 0 fully saturated rings. The Kier molecular flexibility index (Phi) is 7.53. The Morgan fingerprint density at radius 1 is 1.05 bits per heavy atom. The van der Waals surface area contributed by atoms with E-state index in [1.807, 2.05) is 0 Å². The molecule has 0 unspecified atom stereocenters. The number of anilines is 1. The maximum absolute atomic E-state index is 13.3. The van der Waals surface area contributed by atoms with Gasteiger partial charge in [0.05, 0.1) is 49.6 Å². The molecule has 1 N–H and O–H groups in total. The molecule has 0 radical (unpaired) electrons. The number of nitrogens with one attached hydrogen (secondary N) is 1. The standard InChI is InChI=1S/C26H20ClF3N6O4S/c1-12-6-13(14-7-21(27)32-9-19(14)39-2)15(8-31-12)22(37)35-25-34-18-10-36(11-20(18)41-25)24(38)17-5-4-16(26(28,29)30)23(33-17)40-3/h4-9H,10-11H2,1-3H3,(H,34,35,37). The van der Waals surface area contributed by atoms with Crippen LogP contribution in [-0.2, 0) is 19.3 Å². The van der Waals surface area contributed by atoms with Gasteiger partial charge in [-0.3, -0.25) is 19.9 Å². The van der Waals surface area contributed by atoms with Crippen molar-refractivity contribution in [3.63, 3.8) is 0 Å². The average Bonchev–Trinajstić information content (AvgIpc) is 3.50. The topological polar surface area (TPSA) is 119 Å². The van der Waals surface area contributed by atoms with E-state index in [4.69, 9.17) is 21.1 Å². The number of hydrogen-bond donors (Lipinski definition) is 1. The van der Waals surface area contributed by atoms with Gasteiger partial charge in [0.25, 0.3) is 11.8 Å². The molecule has 0 spiro atoms. The highest BCUT2D eigenvalue weighted by Crippen LogP contribution is 2.37. The fraction of sp³-hybridized carbons (Fsp3) is 0.231. The number of methoxy groups -OCH3 is 2. The summed E-state index contributed by atoms with van der Waals surface area (Å²) in [5, 5.41) is 3.32. The lowest BCUT2D eigenvalue weighted by atomic mass is 10.0. The van der Waals surface area contributed by atoms with Crippen molar-refractivity contribution in [3.05, 3.63) is 74.9 Å². The van der Waals surface area contributed by atoms with Crippen LogP contribution in [0.2, 0.25) is 5.15 Å². The van der Waals surface area contributed by atoms with Crippen LogP contribution in [0.25, 0.3) is 11.1 Å². The second-order valence-corrected chi connectivity index (χ2v) is 10.3. The average molecular weight is 605 g/mol. The van der Waals surface area contributed by atoms with E-state index in [1.54, 1.807) is 19.1 Å². The number of pyridine rings is 3. The molecule has 1 aliphatic heterocycles. The summed E-state index contributed by atoms with van der Waals surface area (Å²) in [6, 6.07) is 5.10. The van der Waals surface area contributed by atoms with E-state index >= 15 is 0 Å². The van der Waals surface area contributed by atoms with Crippen molar-refractivity contribution in [3.8, 4) is 22.8 Å². The van der Waals surface area contributed by atoms with Crippen molar-refractivity contribution in [2.45, 2.75) is 26.2 Å². The number of ether oxygens (including phenoxy) is 2. The number of carbonyl (C=O) groups is 2. The minimum atomic E-state index is -4.67. The van der Waals surface area contributed by atoms with Crippen LogP contribution in [0.5, 0.6) is 11.6 Å². The Labute approximate surface area is 240 Å². The van der Waals surface area contributed by atoms with Crippen LogP contribution in [0.15, 0.2) is 36.7 Å². The fourth-order valence-electron chi connectivity index (χ4n) is 4.25. The molecule has 10 nitrogen and oxygen atoms in total. The molecule has 0 saturated heterocycles. The molecule has 212 valence electrons. The first-order valence-electron chi connectivity index (χ1n) is 11.9. The van der Waals surface area contributed by atoms with Gasteiger partial charge in [-0.2, -0.15) is 13.2 Å². The summed E-state index contributed by atoms with van der Waals surface area (Å²) >= 11 is 7.29. The maximum Gasteiger partial charge on any atom is 0.421 e. The van der Waals surface area contributed by atoms with Gasteiger partial charge in [0.15, 0.2) is 5.13 Å². The van der Waals surface area contributed by atoms with Gasteiger partial charge in [-0.25, -0.2) is 15.0 Å². The zero-order valence-corrected chi connectivity index (χ0v) is 23.2. The number of aryl methyl sites for hydroxylation is 1. The SMILES string of the molecule is COc1cnc(Cl)cc1-c1cc(C)ncc1C(=O)Nc1nc2c(s1)CN(C(=O)c1ccc(C(F)(F)F)c(OC)n1)C2. The molecule has 4 aromatic heterocycles. The third-order valence-corrected chi connectivity index (χ3v) is 7.37. The number of carbonyl (C=O) groups excluding carboxylic acids is 2. The molecule has 5 heterocycles. The van der Waals surface area contributed by atoms with Crippen molar-refractivity contribution < 1.29 is 32.2 Å². The molecule has 15 heteroatoms. The maximum atomic E-state index is 13.3. The van der Waals surface area contributed by atoms with E-state index in [9.17, 15) is 22.8 Å². The Morgan fingerprint density at radius 2 is 1.83 bits per heavy atom. The number of aromatic nitrogens is 4. The highest BCUT2D eigenvalue weighted by atomic mass is 35.5. The van der Waals surface area contributed by atoms with Gasteiger partial charge in [-0.05, 0) is 31.2 Å². The fourth-order valence-corrected chi connectivity index (χ4v) is 5.39. The van der Waals surface area contributed by atoms with Crippen molar-refractivity contribution in [2.75, 3.05) is 19.5 Å². The number of amides is 2. The molecule has 41 heavy (non-hydrogen) atoms. The number of rotatable bonds is 6. The summed E-state index contributed by atoms with van der Waals surface area (Å²) in [6.07, 6.45) is -1.76. The van der Waals surface area contributed by atoms with Gasteiger partial charge >= 0.3 is 6.18 Å². The van der Waals surface area contributed by atoms with Crippen LogP contribution in [0.1, 0.15) is 42.7 Å². The minimum absolute atomic E-state index is 0.0929. The number of fused-ring (bicyclic) bond motifs is 1. The normalized spacial score (nSPS) is 12.7. The molecule has 1 aliphatic rings. The molecule has 4 aromatic rings. The second-order valence-electron chi connectivity index (χ2n) is 8.83. The summed E-state index contributed by atoms with van der Waals surface area (Å²) in [6.45, 7) is 2.03. The summed E-state index contributed by atoms with van der Waals surface area (Å²) in [5.41, 5.74) is 1.32. The molecule has 0 bridgehead atoms. The number of halogens is 4. The van der Waals surface area contributed by atoms with E-state index in [1.165, 1.54) is 35.7 Å². The quantitative estimate of drug-likeness (QED) is 0.291. The Bertz CT molecular complexity index is 1660. The second kappa shape index (κ2) is 10.9. The molecular weight excluding hydrogens is 585 g/mol. The zero-order chi connectivity index (χ0) is 29.5. The summed E-state index contributed by atoms with van der Waals surface area (Å²) in [5.74, 6) is -1.30. The molecule has 5 rings (SSSR count). The monoisotopic (exact) mass is 604 g/mol. The van der Waals surface area contributed by atoms with Gasteiger partial charge in [0, 0.05) is 23.0 Å². The molecule has 0 aliphatic carbocycles. The predicted octanol–water partition coefficient (Wildman–Crippen LogP) is 5.40. The highest BCUT2D eigenvalue weighted by molar-refractivity contribution is 7.16. The third-order valence-electron chi connectivity index (χ3n) is 6.17. The van der Waals surface area contributed by atoms with Gasteiger partial charge < -0.3 is 14.4 Å². The lowest BCUT2D eigenvalue weighted by molar-refractivity contribution is -0.139. The van der Waals surface area contributed by atoms with E-state index < -0.39 is 29.4 Å². The van der Waals surface area contributed by atoms with Gasteiger partial charge in [0.1, 0.15) is 22.2 Å². The lowest BCUT2D eigenvalue weighted by Gasteiger charge is -2.17. The lowest BCUT2D eigenvalue weighted by Crippen LogP contribution is -2.27. The smallest absolute Gasteiger partial charge is 0.421 e. The number of hydrogen-bond acceptors (Lipinski definition) is 9. The summed E-state index contributed by atoms with van der Waals surface area (Å²) in [7, 11) is 2.54. The first-order chi connectivity index (χ1) is 19.5. The number of thiazole rings is 1. The van der Waals surface area contributed by atoms with Crippen molar-refractivity contribution >= 4 is 39.9 Å². The Morgan fingerprint density at radius 3 is 2.51 bits per heavy atom. The first-order valence-corrected chi connectivity index (χ1v) is 13.1. The molecule has 0 aromatic carbocycles. The molecular formula is C26H20ClF3N6O4S. The van der Waals surface area contributed by atoms with E-state index in [-0.39, 0.29) is 29.5 Å². The Balaban J connectivity index is 1.33. The summed E-state index contributed by atoms with van der Waals surface area (Å²) in [4.78, 5) is 44.9. The van der Waals surface area contributed by atoms with Gasteiger partial charge in [-0.1, -0.05) is 22.9 Å². The summed E-state index contributed by atoms with van der Waals surface area (Å²) < 4.78 is 49.6. The van der Waals surface area contributed by atoms with Gasteiger partial charge in [-0.15, -0.1) is 0 Å². The Hall–Kier alpha value is -4.30. The van der Waals surface area contributed by atoms with Crippen molar-refractivity contribution in [2.24, 2.45) is 0 Å². The zero-order valence-electron chi connectivity index (χ0n) is 21.7. The largest absolute Gasteiger partial charge is 0.494 e. The van der Waals surface area contributed by atoms with E-state index in [2.05, 4.69) is 25.3 Å². The first kappa shape index (κ1) is 28.2. The number of alkyl halides is 3. The van der Waals surface area contributed by atoms with Crippen LogP contribution in [-0.4, -0.2) is 50.9 Å². The minimum Gasteiger partial charge on any atom is -0.494 e. The predicted molar refractivity (Wildman–Crippen MR) is 143 cm³/mol. The van der Waals surface area contributed by atoms with Crippen molar-refractivity contribution in [1.82, 2.24) is 24.8 Å². The van der Waals surface area contributed by atoms with Crippen LogP contribution in [0.3, 0.4) is 0 Å². The molecule has 2 amide bonds. The highest BCUT2D eigenvalue weighted by Gasteiger charge is 2.36. The van der Waals surface area contributed by atoms with Crippen LogP contribution in [0.4, 0.5) is 18.3 Å². The van der Waals surface area contributed by atoms with E-state index in [0.29, 0.717) is 33.4 Å². The van der Waals surface area contributed by atoms with Crippen LogP contribution >= 0.6 is 22.9 Å². The van der Waals surface area contributed by atoms with E-state index in [0.717, 1.165) is 24.1 Å². The number of nitrogens with zero attached hydrogens (tertiary/aromatic N) is 5. The van der Waals surface area contributed by atoms with Crippen molar-refractivity contribution in [1.29, 1.82) is 0 Å². The molecule has 0 atom stereocenters. The molecule has 0 saturated carbocycles. The van der Waals surface area contributed by atoms with Crippen LogP contribution < -0.4 is 14.8 Å². The third kappa shape index (κ3) is 5.65. The van der Waals surface area contributed by atoms with Crippen LogP contribution in [0, 0.1) is 6.92 Å². The van der Waals surface area contributed by atoms with Gasteiger partial charge in [0.2, 0.25) is 5.88 Å².